The first-order chi connectivity index (χ1) is 11.6. The summed E-state index contributed by atoms with van der Waals surface area (Å²) >= 11 is 1.22. The van der Waals surface area contributed by atoms with E-state index in [2.05, 4.69) is 20.8 Å². The van der Waals surface area contributed by atoms with Crippen LogP contribution < -0.4 is 5.32 Å². The van der Waals surface area contributed by atoms with Gasteiger partial charge in [-0.1, -0.05) is 29.5 Å². The summed E-state index contributed by atoms with van der Waals surface area (Å²) in [5.74, 6) is -0.423. The molecule has 0 saturated carbocycles. The molecule has 3 rings (SSSR count). The molecule has 1 amide bonds. The number of anilines is 1. The van der Waals surface area contributed by atoms with Crippen molar-refractivity contribution in [1.29, 1.82) is 0 Å². The van der Waals surface area contributed by atoms with Crippen molar-refractivity contribution in [3.05, 3.63) is 59.9 Å². The Morgan fingerprint density at radius 1 is 1.17 bits per heavy atom. The van der Waals surface area contributed by atoms with Gasteiger partial charge in [-0.2, -0.15) is 4.68 Å². The van der Waals surface area contributed by atoms with Crippen molar-refractivity contribution >= 4 is 23.4 Å². The van der Waals surface area contributed by atoms with Gasteiger partial charge >= 0.3 is 0 Å². The summed E-state index contributed by atoms with van der Waals surface area (Å²) in [5, 5.41) is 14.8. The van der Waals surface area contributed by atoms with E-state index in [9.17, 15) is 9.18 Å². The van der Waals surface area contributed by atoms with E-state index in [-0.39, 0.29) is 17.5 Å². The van der Waals surface area contributed by atoms with Crippen LogP contribution in [0.5, 0.6) is 0 Å². The van der Waals surface area contributed by atoms with Crippen LogP contribution in [0.3, 0.4) is 0 Å². The first kappa shape index (κ1) is 16.1. The molecule has 2 aromatic carbocycles. The van der Waals surface area contributed by atoms with Gasteiger partial charge in [0, 0.05) is 5.69 Å². The summed E-state index contributed by atoms with van der Waals surface area (Å²) in [6, 6.07) is 13.4. The standard InChI is InChI=1S/C16H14FN5OS/c1-11-2-8-14(9-3-11)22-16(19-20-21-22)24-10-15(23)18-13-6-4-12(17)5-7-13/h2-9H,10H2,1H3,(H,18,23). The lowest BCUT2D eigenvalue weighted by Gasteiger charge is -2.06. The van der Waals surface area contributed by atoms with Crippen molar-refractivity contribution < 1.29 is 9.18 Å². The Balaban J connectivity index is 1.63. The van der Waals surface area contributed by atoms with E-state index >= 15 is 0 Å². The van der Waals surface area contributed by atoms with Gasteiger partial charge in [0.05, 0.1) is 11.4 Å². The van der Waals surface area contributed by atoms with Crippen LogP contribution >= 0.6 is 11.8 Å². The molecule has 0 saturated heterocycles. The highest BCUT2D eigenvalue weighted by atomic mass is 32.2. The molecule has 24 heavy (non-hydrogen) atoms. The van der Waals surface area contributed by atoms with Gasteiger partial charge in [0.25, 0.3) is 0 Å². The van der Waals surface area contributed by atoms with Crippen molar-refractivity contribution in [1.82, 2.24) is 20.2 Å². The van der Waals surface area contributed by atoms with E-state index in [4.69, 9.17) is 0 Å². The number of amides is 1. The Morgan fingerprint density at radius 2 is 1.88 bits per heavy atom. The topological polar surface area (TPSA) is 72.7 Å². The number of benzene rings is 2. The van der Waals surface area contributed by atoms with Gasteiger partial charge < -0.3 is 5.32 Å². The molecule has 1 heterocycles. The quantitative estimate of drug-likeness (QED) is 0.721. The number of nitrogens with zero attached hydrogens (tertiary/aromatic N) is 4. The molecule has 0 spiro atoms. The minimum absolute atomic E-state index is 0.142. The van der Waals surface area contributed by atoms with Gasteiger partial charge in [0.1, 0.15) is 5.82 Å². The number of halogens is 1. The van der Waals surface area contributed by atoms with Gasteiger partial charge in [0.15, 0.2) is 0 Å². The van der Waals surface area contributed by atoms with Crippen LogP contribution in [-0.4, -0.2) is 31.9 Å². The molecule has 1 aromatic heterocycles. The van der Waals surface area contributed by atoms with Crippen LogP contribution in [0.25, 0.3) is 5.69 Å². The molecule has 0 aliphatic heterocycles. The van der Waals surface area contributed by atoms with E-state index in [1.807, 2.05) is 31.2 Å². The highest BCUT2D eigenvalue weighted by molar-refractivity contribution is 7.99. The molecule has 1 N–H and O–H groups in total. The van der Waals surface area contributed by atoms with Crippen molar-refractivity contribution in [3.63, 3.8) is 0 Å². The highest BCUT2D eigenvalue weighted by Crippen LogP contribution is 2.19. The third-order valence-corrected chi connectivity index (χ3v) is 4.10. The molecule has 8 heteroatoms. The average molecular weight is 343 g/mol. The monoisotopic (exact) mass is 343 g/mol. The van der Waals surface area contributed by atoms with E-state index in [0.29, 0.717) is 10.8 Å². The van der Waals surface area contributed by atoms with E-state index in [1.165, 1.54) is 36.0 Å². The first-order valence-electron chi connectivity index (χ1n) is 7.15. The third-order valence-electron chi connectivity index (χ3n) is 3.18. The van der Waals surface area contributed by atoms with Crippen LogP contribution in [0.1, 0.15) is 5.56 Å². The van der Waals surface area contributed by atoms with Crippen molar-refractivity contribution in [2.75, 3.05) is 11.1 Å². The van der Waals surface area contributed by atoms with E-state index < -0.39 is 0 Å². The molecule has 3 aromatic rings. The Hall–Kier alpha value is -2.74. The van der Waals surface area contributed by atoms with Crippen LogP contribution in [0.4, 0.5) is 10.1 Å². The fourth-order valence-corrected chi connectivity index (χ4v) is 2.67. The molecular formula is C16H14FN5OS. The van der Waals surface area contributed by atoms with Crippen molar-refractivity contribution in [2.45, 2.75) is 12.1 Å². The second-order valence-electron chi connectivity index (χ2n) is 5.05. The smallest absolute Gasteiger partial charge is 0.234 e. The molecule has 0 radical (unpaired) electrons. The third kappa shape index (κ3) is 3.96. The summed E-state index contributed by atoms with van der Waals surface area (Å²) in [6.45, 7) is 2.00. The number of tetrazole rings is 1. The SMILES string of the molecule is Cc1ccc(-n2nnnc2SCC(=O)Nc2ccc(F)cc2)cc1. The Bertz CT molecular complexity index is 832. The Morgan fingerprint density at radius 3 is 2.58 bits per heavy atom. The van der Waals surface area contributed by atoms with Gasteiger partial charge in [-0.05, 0) is 53.7 Å². The number of aryl methyl sites for hydroxylation is 1. The van der Waals surface area contributed by atoms with Crippen LogP contribution in [0.15, 0.2) is 53.7 Å². The molecule has 6 nitrogen and oxygen atoms in total. The van der Waals surface area contributed by atoms with Crippen LogP contribution in [0, 0.1) is 12.7 Å². The number of thioether (sulfide) groups is 1. The summed E-state index contributed by atoms with van der Waals surface area (Å²) in [5.41, 5.74) is 2.51. The second-order valence-corrected chi connectivity index (χ2v) is 6.00. The number of aromatic nitrogens is 4. The number of nitrogens with one attached hydrogen (secondary N) is 1. The molecule has 122 valence electrons. The maximum Gasteiger partial charge on any atom is 0.234 e. The highest BCUT2D eigenvalue weighted by Gasteiger charge is 2.11. The molecule has 0 atom stereocenters. The van der Waals surface area contributed by atoms with E-state index in [1.54, 1.807) is 4.68 Å². The number of hydrogen-bond acceptors (Lipinski definition) is 5. The fraction of sp³-hybridized carbons (Fsp3) is 0.125. The summed E-state index contributed by atoms with van der Waals surface area (Å²) in [6.07, 6.45) is 0. The zero-order valence-corrected chi connectivity index (χ0v) is 13.6. The predicted molar refractivity (Wildman–Crippen MR) is 89.6 cm³/mol. The second kappa shape index (κ2) is 7.22. The zero-order chi connectivity index (χ0) is 16.9. The number of rotatable bonds is 5. The minimum atomic E-state index is -0.348. The van der Waals surface area contributed by atoms with E-state index in [0.717, 1.165) is 11.3 Å². The van der Waals surface area contributed by atoms with Gasteiger partial charge in [-0.15, -0.1) is 5.10 Å². The fourth-order valence-electron chi connectivity index (χ4n) is 1.98. The van der Waals surface area contributed by atoms with Gasteiger partial charge in [0.2, 0.25) is 11.1 Å². The summed E-state index contributed by atoms with van der Waals surface area (Å²) in [7, 11) is 0. The van der Waals surface area contributed by atoms with Crippen molar-refractivity contribution in [3.8, 4) is 5.69 Å². The maximum atomic E-state index is 12.8. The normalized spacial score (nSPS) is 10.6. The predicted octanol–water partition coefficient (Wildman–Crippen LogP) is 2.84. The van der Waals surface area contributed by atoms with Crippen LogP contribution in [-0.2, 0) is 4.79 Å². The lowest BCUT2D eigenvalue weighted by Crippen LogP contribution is -2.14. The zero-order valence-electron chi connectivity index (χ0n) is 12.8. The summed E-state index contributed by atoms with van der Waals surface area (Å²) in [4.78, 5) is 12.0. The Labute approximate surface area is 142 Å². The Kier molecular flexibility index (Phi) is 4.85. The minimum Gasteiger partial charge on any atom is -0.325 e. The first-order valence-corrected chi connectivity index (χ1v) is 8.14. The molecule has 0 fully saturated rings. The summed E-state index contributed by atoms with van der Waals surface area (Å²) < 4.78 is 14.4. The lowest BCUT2D eigenvalue weighted by atomic mass is 10.2. The maximum absolute atomic E-state index is 12.8. The van der Waals surface area contributed by atoms with Gasteiger partial charge in [-0.25, -0.2) is 4.39 Å². The largest absolute Gasteiger partial charge is 0.325 e. The van der Waals surface area contributed by atoms with Gasteiger partial charge in [-0.3, -0.25) is 4.79 Å². The molecule has 0 aliphatic rings. The molecule has 0 bridgehead atoms. The molecule has 0 aliphatic carbocycles. The number of carbonyl (C=O) groups is 1. The number of carbonyl (C=O) groups excluding carboxylic acids is 1. The number of hydrogen-bond donors (Lipinski definition) is 1. The average Bonchev–Trinajstić information content (AvgIpc) is 3.04. The molecular weight excluding hydrogens is 329 g/mol. The van der Waals surface area contributed by atoms with Crippen LogP contribution in [0.2, 0.25) is 0 Å². The van der Waals surface area contributed by atoms with Crippen molar-refractivity contribution in [2.24, 2.45) is 0 Å². The lowest BCUT2D eigenvalue weighted by molar-refractivity contribution is -0.113. The molecule has 0 unspecified atom stereocenters.